The zero-order valence-corrected chi connectivity index (χ0v) is 47.0. The minimum absolute atomic E-state index is 0.0361. The Morgan fingerprint density at radius 1 is 0.962 bits per heavy atom. The quantitative estimate of drug-likeness (QED) is 0.0496. The minimum atomic E-state index is -2.75. The van der Waals surface area contributed by atoms with Crippen LogP contribution in [0.15, 0.2) is 72.4 Å². The van der Waals surface area contributed by atoms with E-state index in [-0.39, 0.29) is 54.1 Å². The lowest BCUT2D eigenvalue weighted by Crippen LogP contribution is -2.56. The molecule has 422 valence electrons. The molecule has 17 nitrogen and oxygen atoms in total. The summed E-state index contributed by atoms with van der Waals surface area (Å²) in [5.41, 5.74) is 1.94. The van der Waals surface area contributed by atoms with Crippen LogP contribution in [0, 0.1) is 23.2 Å². The number of nitrogens with zero attached hydrogens (tertiary/aromatic N) is 7. The fraction of sp³-hybridized carbons (Fsp3) is 0.559. The Labute approximate surface area is 464 Å². The summed E-state index contributed by atoms with van der Waals surface area (Å²) in [6.07, 6.45) is 12.1. The number of ether oxygens (including phenoxy) is 2. The molecule has 3 N–H and O–H groups in total. The molecule has 0 spiro atoms. The Hall–Kier alpha value is -6.54. The lowest BCUT2D eigenvalue weighted by atomic mass is 9.83. The molecule has 5 aromatic rings. The topological polar surface area (TPSA) is 197 Å². The monoisotopic (exact) mass is 1100 g/mol. The van der Waals surface area contributed by atoms with Crippen molar-refractivity contribution in [2.24, 2.45) is 23.2 Å². The summed E-state index contributed by atoms with van der Waals surface area (Å²) in [5.74, 6) is -3.91. The fourth-order valence-electron chi connectivity index (χ4n) is 12.3. The average Bonchev–Trinajstić information content (AvgIpc) is 3.43. The second-order valence-corrected chi connectivity index (χ2v) is 24.6. The van der Waals surface area contributed by atoms with Crippen LogP contribution in [0.3, 0.4) is 0 Å². The van der Waals surface area contributed by atoms with Crippen molar-refractivity contribution in [1.82, 2.24) is 45.0 Å². The molecule has 10 rings (SSSR count). The summed E-state index contributed by atoms with van der Waals surface area (Å²) in [6, 6.07) is 15.4. The van der Waals surface area contributed by atoms with Crippen LogP contribution in [0.1, 0.15) is 159 Å². The third-order valence-corrected chi connectivity index (χ3v) is 18.1. The van der Waals surface area contributed by atoms with E-state index in [1.165, 1.54) is 23.3 Å². The number of H-pyrrole nitrogens is 1. The van der Waals surface area contributed by atoms with Gasteiger partial charge in [-0.3, -0.25) is 33.9 Å². The molecule has 6 unspecified atom stereocenters. The van der Waals surface area contributed by atoms with Gasteiger partial charge in [-0.05, 0) is 109 Å². The predicted molar refractivity (Wildman–Crippen MR) is 294 cm³/mol. The Morgan fingerprint density at radius 3 is 2.49 bits per heavy atom. The van der Waals surface area contributed by atoms with Crippen LogP contribution in [-0.4, -0.2) is 133 Å². The number of aromatic amines is 1. The van der Waals surface area contributed by atoms with Crippen LogP contribution in [0.2, 0.25) is 0 Å². The van der Waals surface area contributed by atoms with Gasteiger partial charge in [0.1, 0.15) is 34.1 Å². The number of amides is 4. The number of likely N-dealkylation sites (tertiary alicyclic amines) is 2. The molecule has 2 aliphatic heterocycles. The number of alkyl halides is 2. The first-order valence-electron chi connectivity index (χ1n) is 28.2. The van der Waals surface area contributed by atoms with Gasteiger partial charge in [-0.1, -0.05) is 68.7 Å². The largest absolute Gasteiger partial charge is 0.494 e. The summed E-state index contributed by atoms with van der Waals surface area (Å²) >= 11 is 1.37. The number of rotatable bonds is 20. The van der Waals surface area contributed by atoms with Crippen LogP contribution in [0.4, 0.5) is 19.3 Å². The van der Waals surface area contributed by atoms with Crippen molar-refractivity contribution < 1.29 is 42.2 Å². The van der Waals surface area contributed by atoms with Gasteiger partial charge in [-0.25, -0.2) is 18.6 Å². The second kappa shape index (κ2) is 22.9. The smallest absolute Gasteiger partial charge is 0.410 e. The van der Waals surface area contributed by atoms with Gasteiger partial charge in [0.25, 0.3) is 11.8 Å². The lowest BCUT2D eigenvalue weighted by Gasteiger charge is -2.43. The molecule has 0 bridgehead atoms. The van der Waals surface area contributed by atoms with Crippen molar-refractivity contribution in [3.63, 3.8) is 0 Å². The van der Waals surface area contributed by atoms with E-state index < -0.39 is 52.8 Å². The molecular weight excluding hydrogens is 1030 g/mol. The van der Waals surface area contributed by atoms with Gasteiger partial charge in [0.2, 0.25) is 17.6 Å². The third kappa shape index (κ3) is 11.9. The summed E-state index contributed by atoms with van der Waals surface area (Å²) in [7, 11) is 1.52. The molecule has 20 heteroatoms. The molecule has 5 heterocycles. The summed E-state index contributed by atoms with van der Waals surface area (Å²) in [4.78, 5) is 78.8. The van der Waals surface area contributed by atoms with Crippen LogP contribution < -0.4 is 15.4 Å². The van der Waals surface area contributed by atoms with E-state index in [9.17, 15) is 32.8 Å². The Balaban J connectivity index is 0.680. The number of aromatic nitrogens is 5. The maximum absolute atomic E-state index is 14.6. The number of hydrogen-bond acceptors (Lipinski definition) is 12. The number of halogens is 2. The number of ketones is 1. The number of likely N-dealkylation sites (N-methyl/N-ethyl adjacent to an activating group) is 1. The molecule has 3 aliphatic carbocycles. The molecular formula is C59H74F2N10O7S. The SMILES string of the molecule is CC(C(=O)NC(C(=O)N1CCCC1c1nc(C(=O)c2cccc(OCCCCCN3CC(C(c4ccccc4)n4cc(NC(=O)c5n[nH]c6c5CC5C(F)(F)C5(C)C6)cn4)C3)c2)cs1)C1CCCCC1)N(C)C(=O)OC(C)(C)C. The van der Waals surface area contributed by atoms with E-state index in [1.807, 2.05) is 46.1 Å². The molecule has 3 aromatic heterocycles. The molecule has 4 amide bonds. The van der Waals surface area contributed by atoms with E-state index in [1.54, 1.807) is 58.3 Å². The highest BCUT2D eigenvalue weighted by atomic mass is 32.1. The minimum Gasteiger partial charge on any atom is -0.494 e. The van der Waals surface area contributed by atoms with Gasteiger partial charge in [-0.15, -0.1) is 11.3 Å². The van der Waals surface area contributed by atoms with E-state index in [4.69, 9.17) is 19.6 Å². The van der Waals surface area contributed by atoms with E-state index in [2.05, 4.69) is 37.9 Å². The Bertz CT molecular complexity index is 3020. The predicted octanol–water partition coefficient (Wildman–Crippen LogP) is 9.67. The van der Waals surface area contributed by atoms with Gasteiger partial charge in [0, 0.05) is 78.8 Å². The zero-order valence-electron chi connectivity index (χ0n) is 46.1. The van der Waals surface area contributed by atoms with Crippen molar-refractivity contribution in [2.75, 3.05) is 45.2 Å². The number of nitrogens with one attached hydrogen (secondary N) is 3. The van der Waals surface area contributed by atoms with Crippen LogP contribution in [-0.2, 0) is 27.2 Å². The van der Waals surface area contributed by atoms with Gasteiger partial charge in [0.15, 0.2) is 5.69 Å². The maximum Gasteiger partial charge on any atom is 0.410 e. The second-order valence-electron chi connectivity index (χ2n) is 23.7. The highest BCUT2D eigenvalue weighted by molar-refractivity contribution is 7.10. The number of hydrogen-bond donors (Lipinski definition) is 3. The number of carbonyl (C=O) groups excluding carboxylic acids is 5. The van der Waals surface area contributed by atoms with Gasteiger partial charge < -0.3 is 29.9 Å². The molecule has 2 saturated heterocycles. The van der Waals surface area contributed by atoms with Gasteiger partial charge in [0.05, 0.1) is 30.6 Å². The van der Waals surface area contributed by atoms with Crippen LogP contribution in [0.25, 0.3) is 0 Å². The number of carbonyl (C=O) groups is 5. The van der Waals surface area contributed by atoms with Crippen molar-refractivity contribution in [3.8, 4) is 5.75 Å². The molecule has 2 saturated carbocycles. The number of anilines is 1. The highest BCUT2D eigenvalue weighted by Gasteiger charge is 2.78. The molecule has 79 heavy (non-hydrogen) atoms. The zero-order chi connectivity index (χ0) is 55.8. The number of unbranched alkanes of at least 4 members (excludes halogenated alkanes) is 2. The summed E-state index contributed by atoms with van der Waals surface area (Å²) in [6.45, 7) is 12.3. The maximum atomic E-state index is 14.6. The first-order chi connectivity index (χ1) is 37.8. The average molecular weight is 1110 g/mol. The first kappa shape index (κ1) is 55.8. The normalized spacial score (nSPS) is 22.2. The van der Waals surface area contributed by atoms with E-state index in [0.717, 1.165) is 83.0 Å². The van der Waals surface area contributed by atoms with Crippen molar-refractivity contribution >= 4 is 46.6 Å². The van der Waals surface area contributed by atoms with Gasteiger partial charge >= 0.3 is 6.09 Å². The number of thiazole rings is 1. The van der Waals surface area contributed by atoms with E-state index in [0.29, 0.717) is 58.5 Å². The Morgan fingerprint density at radius 2 is 1.73 bits per heavy atom. The lowest BCUT2D eigenvalue weighted by molar-refractivity contribution is -0.140. The molecule has 2 aromatic carbocycles. The molecule has 6 atom stereocenters. The fourth-order valence-corrected chi connectivity index (χ4v) is 13.2. The van der Waals surface area contributed by atoms with E-state index >= 15 is 0 Å². The van der Waals surface area contributed by atoms with Crippen LogP contribution >= 0.6 is 11.3 Å². The molecule has 0 radical (unpaired) electrons. The van der Waals surface area contributed by atoms with Crippen molar-refractivity contribution in [3.05, 3.63) is 111 Å². The molecule has 4 fully saturated rings. The van der Waals surface area contributed by atoms with Crippen molar-refractivity contribution in [2.45, 2.75) is 147 Å². The summed E-state index contributed by atoms with van der Waals surface area (Å²) in [5, 5.41) is 20.2. The van der Waals surface area contributed by atoms with Crippen molar-refractivity contribution in [1.29, 1.82) is 0 Å². The van der Waals surface area contributed by atoms with Gasteiger partial charge in [-0.2, -0.15) is 10.2 Å². The highest BCUT2D eigenvalue weighted by Crippen LogP contribution is 2.70. The standard InChI is InChI=1S/C59H74F2N10O7S/c1-36(68(6)56(76)78-57(2,3)4)52(73)65-48(37-18-10-7-11-19-37)55(75)70-26-17-24-46(70)54-64-45(35-79-54)51(72)39-22-16-23-42(28-39)77-27-15-9-14-25-69-32-40(33-69)50(38-20-12-8-13-21-38)71-34-41(31-62-71)63-53(74)49-43-29-47-58(5,59(47,60)61)30-44(43)66-67-49/h8,12-13,16,20-23,28,31,34-37,40,46-48,50H,7,9-11,14-15,17-19,24-27,29-30,32-33H2,1-6H3,(H,63,74)(H,65,73)(H,66,67). The number of fused-ring (bicyclic) bond motifs is 2. The third-order valence-electron chi connectivity index (χ3n) is 17.1. The number of benzene rings is 2. The van der Waals surface area contributed by atoms with Crippen LogP contribution in [0.5, 0.6) is 5.75 Å². The first-order valence-corrected chi connectivity index (χ1v) is 29.0. The Kier molecular flexibility index (Phi) is 16.2. The molecule has 5 aliphatic rings. The summed E-state index contributed by atoms with van der Waals surface area (Å²) < 4.78 is 42.6.